The molecule has 0 amide bonds. The van der Waals surface area contributed by atoms with E-state index in [9.17, 15) is 0 Å². The van der Waals surface area contributed by atoms with Crippen LogP contribution in [0.4, 0.5) is 5.69 Å². The average Bonchev–Trinajstić information content (AvgIpc) is 2.15. The van der Waals surface area contributed by atoms with Gasteiger partial charge in [0.2, 0.25) is 0 Å². The summed E-state index contributed by atoms with van der Waals surface area (Å²) in [5, 5.41) is 0. The van der Waals surface area contributed by atoms with E-state index in [1.54, 1.807) is 0 Å². The molecule has 0 aromatic heterocycles. The van der Waals surface area contributed by atoms with Gasteiger partial charge in [0.25, 0.3) is 0 Å². The van der Waals surface area contributed by atoms with E-state index in [0.29, 0.717) is 0 Å². The zero-order valence-electron chi connectivity index (χ0n) is 8.03. The average molecular weight is 176 g/mol. The van der Waals surface area contributed by atoms with Gasteiger partial charge >= 0.3 is 0 Å². The number of likely N-dealkylation sites (tertiary alicyclic amines) is 1. The van der Waals surface area contributed by atoms with Crippen molar-refractivity contribution in [3.05, 3.63) is 29.8 Å². The van der Waals surface area contributed by atoms with E-state index in [0.717, 1.165) is 18.2 Å². The lowest BCUT2D eigenvalue weighted by Crippen LogP contribution is -2.45. The Morgan fingerprint density at radius 2 is 2.08 bits per heavy atom. The summed E-state index contributed by atoms with van der Waals surface area (Å²) in [6.45, 7) is 1.25. The van der Waals surface area contributed by atoms with Crippen molar-refractivity contribution in [3.8, 4) is 0 Å². The van der Waals surface area contributed by atoms with Crippen molar-refractivity contribution >= 4 is 5.69 Å². The van der Waals surface area contributed by atoms with Gasteiger partial charge in [0, 0.05) is 11.7 Å². The fourth-order valence-corrected chi connectivity index (χ4v) is 1.75. The van der Waals surface area contributed by atoms with Crippen LogP contribution in [0.2, 0.25) is 0 Å². The van der Waals surface area contributed by atoms with Crippen LogP contribution < -0.4 is 5.73 Å². The van der Waals surface area contributed by atoms with Crippen molar-refractivity contribution in [3.63, 3.8) is 0 Å². The Bertz CT molecular complexity index is 279. The third-order valence-electron chi connectivity index (χ3n) is 2.89. The van der Waals surface area contributed by atoms with Crippen LogP contribution in [-0.4, -0.2) is 24.5 Å². The smallest absolute Gasteiger partial charge is 0.0314 e. The standard InChI is InChI=1S/C11H16N2/c1-13-7-6-11(13)8-9-2-4-10(12)5-3-9/h2-5,11H,6-8,12H2,1H3. The lowest BCUT2D eigenvalue weighted by atomic mass is 9.96. The lowest BCUT2D eigenvalue weighted by molar-refractivity contribution is 0.127. The summed E-state index contributed by atoms with van der Waals surface area (Å²) in [6.07, 6.45) is 2.50. The van der Waals surface area contributed by atoms with Crippen molar-refractivity contribution in [2.75, 3.05) is 19.3 Å². The zero-order chi connectivity index (χ0) is 9.26. The van der Waals surface area contributed by atoms with Gasteiger partial charge in [0.15, 0.2) is 0 Å². The second kappa shape index (κ2) is 3.38. The Kier molecular flexibility index (Phi) is 2.23. The molecule has 1 aliphatic rings. The molecular weight excluding hydrogens is 160 g/mol. The first-order valence-electron chi connectivity index (χ1n) is 4.80. The summed E-state index contributed by atoms with van der Waals surface area (Å²) in [7, 11) is 2.19. The molecule has 1 aromatic rings. The molecule has 1 atom stereocenters. The molecular formula is C11H16N2. The molecule has 2 N–H and O–H groups in total. The molecule has 2 rings (SSSR count). The number of nitrogen functional groups attached to an aromatic ring is 1. The topological polar surface area (TPSA) is 29.3 Å². The van der Waals surface area contributed by atoms with Gasteiger partial charge in [-0.05, 0) is 44.1 Å². The molecule has 13 heavy (non-hydrogen) atoms. The van der Waals surface area contributed by atoms with E-state index < -0.39 is 0 Å². The fourth-order valence-electron chi connectivity index (χ4n) is 1.75. The Balaban J connectivity index is 1.98. The number of likely N-dealkylation sites (N-methyl/N-ethyl adjacent to an activating group) is 1. The Hall–Kier alpha value is -1.02. The monoisotopic (exact) mass is 176 g/mol. The summed E-state index contributed by atoms with van der Waals surface area (Å²) in [6, 6.07) is 8.97. The van der Waals surface area contributed by atoms with Gasteiger partial charge in [-0.15, -0.1) is 0 Å². The van der Waals surface area contributed by atoms with Crippen LogP contribution in [0.3, 0.4) is 0 Å². The molecule has 0 saturated carbocycles. The molecule has 0 radical (unpaired) electrons. The summed E-state index contributed by atoms with van der Waals surface area (Å²) in [5.41, 5.74) is 7.87. The first-order valence-corrected chi connectivity index (χ1v) is 4.80. The maximum atomic E-state index is 5.62. The molecule has 1 aliphatic heterocycles. The van der Waals surface area contributed by atoms with E-state index in [1.165, 1.54) is 18.5 Å². The van der Waals surface area contributed by atoms with Crippen molar-refractivity contribution in [1.82, 2.24) is 4.90 Å². The van der Waals surface area contributed by atoms with Crippen molar-refractivity contribution in [1.29, 1.82) is 0 Å². The zero-order valence-corrected chi connectivity index (χ0v) is 8.03. The summed E-state index contributed by atoms with van der Waals surface area (Å²) < 4.78 is 0. The molecule has 70 valence electrons. The highest BCUT2D eigenvalue weighted by Gasteiger charge is 2.23. The van der Waals surface area contributed by atoms with Gasteiger partial charge in [-0.3, -0.25) is 0 Å². The second-order valence-electron chi connectivity index (χ2n) is 3.87. The van der Waals surface area contributed by atoms with Crippen LogP contribution in [-0.2, 0) is 6.42 Å². The number of nitrogens with two attached hydrogens (primary N) is 1. The lowest BCUT2D eigenvalue weighted by Gasteiger charge is -2.38. The van der Waals surface area contributed by atoms with Crippen LogP contribution >= 0.6 is 0 Å². The van der Waals surface area contributed by atoms with E-state index in [2.05, 4.69) is 24.1 Å². The number of benzene rings is 1. The molecule has 2 heteroatoms. The van der Waals surface area contributed by atoms with Crippen LogP contribution in [0.25, 0.3) is 0 Å². The molecule has 0 aliphatic carbocycles. The minimum Gasteiger partial charge on any atom is -0.399 e. The first kappa shape index (κ1) is 8.57. The number of rotatable bonds is 2. The maximum absolute atomic E-state index is 5.62. The largest absolute Gasteiger partial charge is 0.399 e. The summed E-state index contributed by atoms with van der Waals surface area (Å²) >= 11 is 0. The second-order valence-corrected chi connectivity index (χ2v) is 3.87. The molecule has 1 fully saturated rings. The molecule has 1 saturated heterocycles. The maximum Gasteiger partial charge on any atom is 0.0314 e. The number of hydrogen-bond acceptors (Lipinski definition) is 2. The Morgan fingerprint density at radius 1 is 1.38 bits per heavy atom. The molecule has 1 heterocycles. The van der Waals surface area contributed by atoms with Gasteiger partial charge in [-0.1, -0.05) is 12.1 Å². The van der Waals surface area contributed by atoms with E-state index in [4.69, 9.17) is 5.73 Å². The fraction of sp³-hybridized carbons (Fsp3) is 0.455. The van der Waals surface area contributed by atoms with Crippen molar-refractivity contribution in [2.45, 2.75) is 18.9 Å². The van der Waals surface area contributed by atoms with E-state index in [-0.39, 0.29) is 0 Å². The molecule has 0 bridgehead atoms. The Morgan fingerprint density at radius 3 is 2.54 bits per heavy atom. The minimum atomic E-state index is 0.753. The van der Waals surface area contributed by atoms with Crippen LogP contribution in [0.15, 0.2) is 24.3 Å². The predicted octanol–water partition coefficient (Wildman–Crippen LogP) is 1.52. The highest BCUT2D eigenvalue weighted by atomic mass is 15.2. The third kappa shape index (κ3) is 1.83. The molecule has 0 spiro atoms. The highest BCUT2D eigenvalue weighted by Crippen LogP contribution is 2.19. The number of hydrogen-bond donors (Lipinski definition) is 1. The van der Waals surface area contributed by atoms with Gasteiger partial charge in [-0.2, -0.15) is 0 Å². The van der Waals surface area contributed by atoms with Gasteiger partial charge in [0.1, 0.15) is 0 Å². The quantitative estimate of drug-likeness (QED) is 0.692. The normalized spacial score (nSPS) is 22.7. The number of anilines is 1. The minimum absolute atomic E-state index is 0.753. The van der Waals surface area contributed by atoms with Crippen molar-refractivity contribution in [2.24, 2.45) is 0 Å². The Labute approximate surface area is 79.4 Å². The van der Waals surface area contributed by atoms with Gasteiger partial charge in [0.05, 0.1) is 0 Å². The SMILES string of the molecule is CN1CCC1Cc1ccc(N)cc1. The predicted molar refractivity (Wildman–Crippen MR) is 55.6 cm³/mol. The van der Waals surface area contributed by atoms with Crippen LogP contribution in [0, 0.1) is 0 Å². The van der Waals surface area contributed by atoms with Crippen LogP contribution in [0.1, 0.15) is 12.0 Å². The van der Waals surface area contributed by atoms with Gasteiger partial charge < -0.3 is 10.6 Å². The third-order valence-corrected chi connectivity index (χ3v) is 2.89. The highest BCUT2D eigenvalue weighted by molar-refractivity contribution is 5.39. The number of nitrogens with zero attached hydrogens (tertiary/aromatic N) is 1. The van der Waals surface area contributed by atoms with E-state index in [1.807, 2.05) is 12.1 Å². The van der Waals surface area contributed by atoms with E-state index >= 15 is 0 Å². The van der Waals surface area contributed by atoms with Crippen LogP contribution in [0.5, 0.6) is 0 Å². The summed E-state index contributed by atoms with van der Waals surface area (Å²) in [4.78, 5) is 2.40. The van der Waals surface area contributed by atoms with Gasteiger partial charge in [-0.25, -0.2) is 0 Å². The molecule has 2 nitrogen and oxygen atoms in total. The first-order chi connectivity index (χ1) is 6.25. The molecule has 1 unspecified atom stereocenters. The molecule has 1 aromatic carbocycles. The van der Waals surface area contributed by atoms with Crippen molar-refractivity contribution < 1.29 is 0 Å². The summed E-state index contributed by atoms with van der Waals surface area (Å²) in [5.74, 6) is 0.